The second-order valence-electron chi connectivity index (χ2n) is 6.22. The molecule has 0 radical (unpaired) electrons. The summed E-state index contributed by atoms with van der Waals surface area (Å²) in [6, 6.07) is 6.24. The highest BCUT2D eigenvalue weighted by molar-refractivity contribution is 5.90. The van der Waals surface area contributed by atoms with Crippen molar-refractivity contribution in [3.05, 3.63) is 24.0 Å². The topological polar surface area (TPSA) is 38.2 Å². The van der Waals surface area contributed by atoms with Crippen molar-refractivity contribution in [3.8, 4) is 5.75 Å². The van der Waals surface area contributed by atoms with Gasteiger partial charge in [0.25, 0.3) is 0 Å². The van der Waals surface area contributed by atoms with E-state index in [9.17, 15) is 0 Å². The van der Waals surface area contributed by atoms with Crippen LogP contribution in [0.5, 0.6) is 5.75 Å². The number of rotatable bonds is 4. The molecule has 4 nitrogen and oxygen atoms in total. The summed E-state index contributed by atoms with van der Waals surface area (Å²) in [6.45, 7) is 5.02. The minimum Gasteiger partial charge on any atom is -0.493 e. The number of aromatic nitrogens is 2. The molecule has 2 heterocycles. The number of anilines is 1. The smallest absolute Gasteiger partial charge is 0.140 e. The number of ether oxygens (including phenoxy) is 1. The fourth-order valence-electron chi connectivity index (χ4n) is 2.96. The van der Waals surface area contributed by atoms with Gasteiger partial charge in [-0.3, -0.25) is 0 Å². The third kappa shape index (κ3) is 2.67. The molecule has 2 aromatic rings. The Morgan fingerprint density at radius 1 is 1.19 bits per heavy atom. The molecule has 21 heavy (non-hydrogen) atoms. The van der Waals surface area contributed by atoms with Gasteiger partial charge in [-0.25, -0.2) is 9.97 Å². The molecule has 1 aromatic carbocycles. The van der Waals surface area contributed by atoms with Gasteiger partial charge in [-0.15, -0.1) is 0 Å². The summed E-state index contributed by atoms with van der Waals surface area (Å²) in [4.78, 5) is 11.6. The Morgan fingerprint density at radius 2 is 2.00 bits per heavy atom. The van der Waals surface area contributed by atoms with E-state index in [1.165, 1.54) is 25.7 Å². The molecule has 4 rings (SSSR count). The highest BCUT2D eigenvalue weighted by Gasteiger charge is 2.22. The summed E-state index contributed by atoms with van der Waals surface area (Å²) >= 11 is 0. The minimum absolute atomic E-state index is 0.771. The average molecular weight is 283 g/mol. The standard InChI is InChI=1S/C17H21N3O/c1-12-18-16-10-14(21-11-13-4-5-13)6-7-15(16)17(19-12)20-8-2-3-9-20/h6-7,10,13H,2-5,8-9,11H2,1H3. The van der Waals surface area contributed by atoms with Crippen LogP contribution in [0.4, 0.5) is 5.82 Å². The van der Waals surface area contributed by atoms with Crippen molar-refractivity contribution < 1.29 is 4.74 Å². The quantitative estimate of drug-likeness (QED) is 0.862. The van der Waals surface area contributed by atoms with Crippen LogP contribution in [0.2, 0.25) is 0 Å². The van der Waals surface area contributed by atoms with Gasteiger partial charge in [-0.1, -0.05) is 0 Å². The molecule has 2 fully saturated rings. The molecule has 4 heteroatoms. The van der Waals surface area contributed by atoms with E-state index in [4.69, 9.17) is 4.74 Å². The predicted octanol–water partition coefficient (Wildman–Crippen LogP) is 3.33. The molecule has 0 N–H and O–H groups in total. The Hall–Kier alpha value is -1.84. The van der Waals surface area contributed by atoms with Gasteiger partial charge in [0.1, 0.15) is 17.4 Å². The highest BCUT2D eigenvalue weighted by Crippen LogP contribution is 2.32. The van der Waals surface area contributed by atoms with Crippen LogP contribution in [-0.2, 0) is 0 Å². The number of hydrogen-bond acceptors (Lipinski definition) is 4. The molecule has 1 aliphatic heterocycles. The maximum absolute atomic E-state index is 5.87. The SMILES string of the molecule is Cc1nc(N2CCCC2)c2ccc(OCC3CC3)cc2n1. The molecule has 1 saturated heterocycles. The van der Waals surface area contributed by atoms with E-state index < -0.39 is 0 Å². The van der Waals surface area contributed by atoms with E-state index in [1.807, 2.05) is 6.92 Å². The Balaban J connectivity index is 1.69. The lowest BCUT2D eigenvalue weighted by molar-refractivity contribution is 0.300. The molecule has 0 atom stereocenters. The van der Waals surface area contributed by atoms with Crippen molar-refractivity contribution in [1.29, 1.82) is 0 Å². The van der Waals surface area contributed by atoms with E-state index >= 15 is 0 Å². The predicted molar refractivity (Wildman–Crippen MR) is 83.9 cm³/mol. The van der Waals surface area contributed by atoms with Gasteiger partial charge < -0.3 is 9.64 Å². The van der Waals surface area contributed by atoms with Crippen LogP contribution in [0.25, 0.3) is 10.9 Å². The number of benzene rings is 1. The molecule has 1 saturated carbocycles. The first-order valence-corrected chi connectivity index (χ1v) is 7.96. The Kier molecular flexibility index (Phi) is 3.17. The zero-order valence-corrected chi connectivity index (χ0v) is 12.5. The van der Waals surface area contributed by atoms with Crippen LogP contribution in [0, 0.1) is 12.8 Å². The third-order valence-electron chi connectivity index (χ3n) is 4.35. The fraction of sp³-hybridized carbons (Fsp3) is 0.529. The second-order valence-corrected chi connectivity index (χ2v) is 6.22. The number of hydrogen-bond donors (Lipinski definition) is 0. The fourth-order valence-corrected chi connectivity index (χ4v) is 2.96. The molecular weight excluding hydrogens is 262 g/mol. The maximum atomic E-state index is 5.87. The van der Waals surface area contributed by atoms with Crippen molar-refractivity contribution in [2.45, 2.75) is 32.6 Å². The Morgan fingerprint density at radius 3 is 2.76 bits per heavy atom. The largest absolute Gasteiger partial charge is 0.493 e. The minimum atomic E-state index is 0.771. The first kappa shape index (κ1) is 12.9. The first-order chi connectivity index (χ1) is 10.3. The van der Waals surface area contributed by atoms with Crippen molar-refractivity contribution in [2.75, 3.05) is 24.6 Å². The molecule has 2 aliphatic rings. The first-order valence-electron chi connectivity index (χ1n) is 7.96. The molecule has 1 aliphatic carbocycles. The van der Waals surface area contributed by atoms with Gasteiger partial charge in [-0.2, -0.15) is 0 Å². The molecule has 0 amide bonds. The summed E-state index contributed by atoms with van der Waals surface area (Å²) < 4.78 is 5.87. The summed E-state index contributed by atoms with van der Waals surface area (Å²) in [5.41, 5.74) is 0.998. The Bertz CT molecular complexity index is 660. The van der Waals surface area contributed by atoms with E-state index in [0.29, 0.717) is 0 Å². The monoisotopic (exact) mass is 283 g/mol. The highest BCUT2D eigenvalue weighted by atomic mass is 16.5. The van der Waals surface area contributed by atoms with E-state index in [1.54, 1.807) is 0 Å². The lowest BCUT2D eigenvalue weighted by Gasteiger charge is -2.19. The van der Waals surface area contributed by atoms with Gasteiger partial charge >= 0.3 is 0 Å². The molecular formula is C17H21N3O. The molecule has 0 spiro atoms. The average Bonchev–Trinajstić information content (AvgIpc) is 3.15. The van der Waals surface area contributed by atoms with Crippen LogP contribution < -0.4 is 9.64 Å². The summed E-state index contributed by atoms with van der Waals surface area (Å²) in [7, 11) is 0. The summed E-state index contributed by atoms with van der Waals surface area (Å²) in [5, 5.41) is 1.14. The Labute approximate surface area is 125 Å². The number of nitrogens with zero attached hydrogens (tertiary/aromatic N) is 3. The maximum Gasteiger partial charge on any atom is 0.140 e. The van der Waals surface area contributed by atoms with Crippen molar-refractivity contribution in [1.82, 2.24) is 9.97 Å². The van der Waals surface area contributed by atoms with E-state index in [0.717, 1.165) is 53.9 Å². The molecule has 1 aromatic heterocycles. The van der Waals surface area contributed by atoms with Crippen LogP contribution in [0.15, 0.2) is 18.2 Å². The molecule has 110 valence electrons. The van der Waals surface area contributed by atoms with Gasteiger partial charge in [0.05, 0.1) is 12.1 Å². The van der Waals surface area contributed by atoms with Crippen LogP contribution in [-0.4, -0.2) is 29.7 Å². The number of aryl methyl sites for hydroxylation is 1. The third-order valence-corrected chi connectivity index (χ3v) is 4.35. The van der Waals surface area contributed by atoms with Gasteiger partial charge in [0.15, 0.2) is 0 Å². The van der Waals surface area contributed by atoms with Crippen LogP contribution in [0.1, 0.15) is 31.5 Å². The number of fused-ring (bicyclic) bond motifs is 1. The van der Waals surface area contributed by atoms with Gasteiger partial charge in [0.2, 0.25) is 0 Å². The van der Waals surface area contributed by atoms with E-state index in [2.05, 4.69) is 33.1 Å². The lowest BCUT2D eigenvalue weighted by atomic mass is 10.2. The van der Waals surface area contributed by atoms with Crippen molar-refractivity contribution in [2.24, 2.45) is 5.92 Å². The van der Waals surface area contributed by atoms with Gasteiger partial charge in [0, 0.05) is 24.5 Å². The van der Waals surface area contributed by atoms with Crippen LogP contribution in [0.3, 0.4) is 0 Å². The van der Waals surface area contributed by atoms with Crippen LogP contribution >= 0.6 is 0 Å². The van der Waals surface area contributed by atoms with Gasteiger partial charge in [-0.05, 0) is 50.7 Å². The summed E-state index contributed by atoms with van der Waals surface area (Å²) in [5.74, 6) is 3.63. The lowest BCUT2D eigenvalue weighted by Crippen LogP contribution is -2.20. The molecule has 0 bridgehead atoms. The van der Waals surface area contributed by atoms with E-state index in [-0.39, 0.29) is 0 Å². The zero-order chi connectivity index (χ0) is 14.2. The van der Waals surface area contributed by atoms with Crippen molar-refractivity contribution >= 4 is 16.7 Å². The normalized spacial score (nSPS) is 18.4. The summed E-state index contributed by atoms with van der Waals surface area (Å²) in [6.07, 6.45) is 5.14. The second kappa shape index (κ2) is 5.17. The molecule has 0 unspecified atom stereocenters. The van der Waals surface area contributed by atoms with Crippen molar-refractivity contribution in [3.63, 3.8) is 0 Å². The zero-order valence-electron chi connectivity index (χ0n) is 12.5.